The maximum atomic E-state index is 13.3. The predicted octanol–water partition coefficient (Wildman–Crippen LogP) is 6.50. The largest absolute Gasteiger partial charge is 0.507 e. The van der Waals surface area contributed by atoms with Crippen LogP contribution in [0.2, 0.25) is 0 Å². The van der Waals surface area contributed by atoms with Gasteiger partial charge in [-0.3, -0.25) is 14.5 Å². The summed E-state index contributed by atoms with van der Waals surface area (Å²) in [5.74, 6) is 0.0542. The first-order valence-corrected chi connectivity index (χ1v) is 14.0. The number of fused-ring (bicyclic) bond motifs is 3. The Morgan fingerprint density at radius 1 is 1.03 bits per heavy atom. The number of allylic oxidation sites excluding steroid dienone is 2. The van der Waals surface area contributed by atoms with Gasteiger partial charge in [0.25, 0.3) is 0 Å². The van der Waals surface area contributed by atoms with Crippen LogP contribution in [0.25, 0.3) is 6.08 Å². The lowest BCUT2D eigenvalue weighted by atomic mass is 9.68. The van der Waals surface area contributed by atoms with Gasteiger partial charge in [-0.1, -0.05) is 50.8 Å². The number of nitrogens with zero attached hydrogens (tertiary/aromatic N) is 1. The molecule has 0 aromatic heterocycles. The number of hydrogen-bond donors (Lipinski definition) is 1. The Bertz CT molecular complexity index is 1050. The van der Waals surface area contributed by atoms with Gasteiger partial charge >= 0.3 is 0 Å². The van der Waals surface area contributed by atoms with Crippen LogP contribution in [-0.4, -0.2) is 41.1 Å². The third-order valence-corrected chi connectivity index (χ3v) is 8.28. The number of aromatic hydroxyl groups is 1. The highest BCUT2D eigenvalue weighted by molar-refractivity contribution is 6.05. The molecular formula is C31H43NO4. The molecule has 0 unspecified atom stereocenters. The summed E-state index contributed by atoms with van der Waals surface area (Å²) in [4.78, 5) is 27.9. The summed E-state index contributed by atoms with van der Waals surface area (Å²) in [6.45, 7) is 11.4. The molecule has 4 rings (SSSR count). The Morgan fingerprint density at radius 3 is 2.39 bits per heavy atom. The summed E-state index contributed by atoms with van der Waals surface area (Å²) in [6.07, 6.45) is 9.79. The van der Waals surface area contributed by atoms with Crippen molar-refractivity contribution in [2.45, 2.75) is 92.1 Å². The smallest absolute Gasteiger partial charge is 0.233 e. The van der Waals surface area contributed by atoms with Gasteiger partial charge in [-0.25, -0.2) is 0 Å². The predicted molar refractivity (Wildman–Crippen MR) is 143 cm³/mol. The molecule has 2 aliphatic heterocycles. The summed E-state index contributed by atoms with van der Waals surface area (Å²) < 4.78 is 6.40. The van der Waals surface area contributed by atoms with Crippen molar-refractivity contribution >= 4 is 17.9 Å². The van der Waals surface area contributed by atoms with Crippen LogP contribution in [0.3, 0.4) is 0 Å². The third-order valence-electron chi connectivity index (χ3n) is 8.28. The molecule has 36 heavy (non-hydrogen) atoms. The number of likely N-dealkylation sites (tertiary alicyclic amines) is 1. The highest BCUT2D eigenvalue weighted by atomic mass is 16.5. The van der Waals surface area contributed by atoms with Gasteiger partial charge in [-0.2, -0.15) is 0 Å². The number of phenols is 1. The van der Waals surface area contributed by atoms with Gasteiger partial charge in [-0.05, 0) is 86.8 Å². The maximum Gasteiger partial charge on any atom is 0.233 e. The first kappa shape index (κ1) is 26.7. The highest BCUT2D eigenvalue weighted by Crippen LogP contribution is 2.50. The van der Waals surface area contributed by atoms with Gasteiger partial charge in [0.2, 0.25) is 11.8 Å². The molecule has 2 amide bonds. The van der Waals surface area contributed by atoms with Gasteiger partial charge in [0.1, 0.15) is 5.75 Å². The number of benzene rings is 1. The summed E-state index contributed by atoms with van der Waals surface area (Å²) >= 11 is 0. The van der Waals surface area contributed by atoms with Gasteiger partial charge in [-0.15, -0.1) is 0 Å². The fourth-order valence-corrected chi connectivity index (χ4v) is 6.74. The Hall–Kier alpha value is -2.40. The zero-order valence-electron chi connectivity index (χ0n) is 22.7. The average molecular weight is 494 g/mol. The summed E-state index contributed by atoms with van der Waals surface area (Å²) in [5.41, 5.74) is 7.04. The van der Waals surface area contributed by atoms with Gasteiger partial charge < -0.3 is 9.84 Å². The van der Waals surface area contributed by atoms with Crippen LogP contribution in [0.5, 0.6) is 5.75 Å². The molecule has 2 fully saturated rings. The number of phenolic OH excluding ortho intramolecular Hbond substituents is 1. The second-order valence-corrected chi connectivity index (χ2v) is 11.0. The Morgan fingerprint density at radius 2 is 1.75 bits per heavy atom. The number of carbonyl (C=O) groups is 2. The number of carbonyl (C=O) groups excluding carboxylic acids is 2. The second-order valence-electron chi connectivity index (χ2n) is 11.0. The first-order valence-electron chi connectivity index (χ1n) is 14.0. The van der Waals surface area contributed by atoms with Gasteiger partial charge in [0.15, 0.2) is 0 Å². The molecule has 5 heteroatoms. The minimum atomic E-state index is -0.238. The average Bonchev–Trinajstić information content (AvgIpc) is 3.36. The van der Waals surface area contributed by atoms with E-state index >= 15 is 0 Å². The van der Waals surface area contributed by atoms with E-state index in [4.69, 9.17) is 4.74 Å². The summed E-state index contributed by atoms with van der Waals surface area (Å²) in [7, 11) is 0. The molecule has 196 valence electrons. The van der Waals surface area contributed by atoms with Crippen molar-refractivity contribution in [3.8, 4) is 5.75 Å². The molecule has 1 N–H and O–H groups in total. The van der Waals surface area contributed by atoms with Crippen LogP contribution < -0.4 is 0 Å². The minimum Gasteiger partial charge on any atom is -0.507 e. The molecule has 2 heterocycles. The Balaban J connectivity index is 1.56. The molecule has 3 aliphatic rings. The van der Waals surface area contributed by atoms with Crippen LogP contribution in [0.15, 0.2) is 28.9 Å². The van der Waals surface area contributed by atoms with Crippen molar-refractivity contribution in [2.75, 3.05) is 13.2 Å². The monoisotopic (exact) mass is 493 g/mol. The molecular weight excluding hydrogens is 450 g/mol. The normalized spacial score (nSPS) is 26.1. The van der Waals surface area contributed by atoms with E-state index in [9.17, 15) is 14.7 Å². The second kappa shape index (κ2) is 11.3. The molecule has 5 nitrogen and oxygen atoms in total. The molecule has 0 saturated carbocycles. The van der Waals surface area contributed by atoms with Crippen molar-refractivity contribution in [1.29, 1.82) is 0 Å². The van der Waals surface area contributed by atoms with E-state index < -0.39 is 0 Å². The zero-order valence-corrected chi connectivity index (χ0v) is 22.7. The molecule has 1 aromatic rings. The SMILES string of the molecule is CCCC1=C2[C@@H](CC/C(=C/c3cc(C)c(O)c(C)c3)CCC)OC[C@@H]2[C@@H]2C(=O)N(CCC)C(=O)[C@@H]2C1. The van der Waals surface area contributed by atoms with Crippen LogP contribution in [-0.2, 0) is 14.3 Å². The van der Waals surface area contributed by atoms with Gasteiger partial charge in [0.05, 0.1) is 24.5 Å². The lowest BCUT2D eigenvalue weighted by Crippen LogP contribution is -2.34. The Labute approximate surface area is 216 Å². The molecule has 4 atom stereocenters. The molecule has 2 saturated heterocycles. The fourth-order valence-electron chi connectivity index (χ4n) is 6.74. The van der Waals surface area contributed by atoms with Crippen LogP contribution in [0.1, 0.15) is 88.8 Å². The van der Waals surface area contributed by atoms with E-state index in [1.54, 1.807) is 0 Å². The van der Waals surface area contributed by atoms with Crippen LogP contribution >= 0.6 is 0 Å². The standard InChI is InChI=1S/C31H43NO4/c1-6-9-21(16-22-14-19(4)29(33)20(5)15-22)11-12-26-27-23(10-7-2)17-24-28(25(27)18-36-26)31(35)32(13-8-3)30(24)34/h14-16,24-26,28,33H,6-13,17-18H2,1-5H3/b21-16+/t24-,25+,26-,28-/m1/s1. The Kier molecular flexibility index (Phi) is 8.39. The highest BCUT2D eigenvalue weighted by Gasteiger charge is 2.56. The minimum absolute atomic E-state index is 0.0267. The molecule has 0 spiro atoms. The van der Waals surface area contributed by atoms with Crippen molar-refractivity contribution < 1.29 is 19.4 Å². The van der Waals surface area contributed by atoms with E-state index in [-0.39, 0.29) is 35.7 Å². The number of imide groups is 1. The van der Waals surface area contributed by atoms with Crippen molar-refractivity contribution in [2.24, 2.45) is 17.8 Å². The van der Waals surface area contributed by atoms with E-state index in [0.717, 1.165) is 68.1 Å². The lowest BCUT2D eigenvalue weighted by molar-refractivity contribution is -0.140. The number of hydrogen-bond acceptors (Lipinski definition) is 4. The maximum absolute atomic E-state index is 13.3. The first-order chi connectivity index (χ1) is 17.3. The van der Waals surface area contributed by atoms with E-state index in [1.165, 1.54) is 21.6 Å². The number of aryl methyl sites for hydroxylation is 2. The van der Waals surface area contributed by atoms with Gasteiger partial charge in [0, 0.05) is 12.5 Å². The third kappa shape index (κ3) is 5.04. The van der Waals surface area contributed by atoms with E-state index in [1.807, 2.05) is 32.9 Å². The van der Waals surface area contributed by atoms with Crippen molar-refractivity contribution in [3.63, 3.8) is 0 Å². The quantitative estimate of drug-likeness (QED) is 0.298. The molecule has 0 radical (unpaired) electrons. The van der Waals surface area contributed by atoms with Crippen LogP contribution in [0, 0.1) is 31.6 Å². The zero-order chi connectivity index (χ0) is 26.0. The number of ether oxygens (including phenoxy) is 1. The number of amides is 2. The van der Waals surface area contributed by atoms with Crippen molar-refractivity contribution in [1.82, 2.24) is 4.90 Å². The van der Waals surface area contributed by atoms with Crippen LogP contribution in [0.4, 0.5) is 0 Å². The van der Waals surface area contributed by atoms with E-state index in [2.05, 4.69) is 19.9 Å². The topological polar surface area (TPSA) is 66.8 Å². The molecule has 0 bridgehead atoms. The molecule has 1 aromatic carbocycles. The molecule has 1 aliphatic carbocycles. The summed E-state index contributed by atoms with van der Waals surface area (Å²) in [6, 6.07) is 4.10. The van der Waals surface area contributed by atoms with E-state index in [0.29, 0.717) is 18.9 Å². The lowest BCUT2D eigenvalue weighted by Gasteiger charge is -2.32. The number of rotatable bonds is 10. The summed E-state index contributed by atoms with van der Waals surface area (Å²) in [5, 5.41) is 10.1. The van der Waals surface area contributed by atoms with Crippen molar-refractivity contribution in [3.05, 3.63) is 45.5 Å². The fraction of sp³-hybridized carbons (Fsp3) is 0.613.